The molecule has 0 aliphatic carbocycles. The number of aromatic nitrogens is 2. The lowest BCUT2D eigenvalue weighted by Gasteiger charge is -2.31. The Morgan fingerprint density at radius 3 is 2.47 bits per heavy atom. The molecule has 0 saturated carbocycles. The third kappa shape index (κ3) is 2.34. The minimum atomic E-state index is 0.134. The van der Waals surface area contributed by atoms with E-state index < -0.39 is 0 Å². The molecular formula is C16H25N3. The molecule has 2 rings (SSSR count). The summed E-state index contributed by atoms with van der Waals surface area (Å²) in [5.74, 6) is 1.19. The van der Waals surface area contributed by atoms with E-state index in [9.17, 15) is 0 Å². The molecule has 3 heteroatoms. The number of nitrogens with two attached hydrogens (primary N) is 1. The van der Waals surface area contributed by atoms with Gasteiger partial charge in [-0.25, -0.2) is 4.98 Å². The van der Waals surface area contributed by atoms with Crippen molar-refractivity contribution < 1.29 is 0 Å². The fourth-order valence-electron chi connectivity index (χ4n) is 2.71. The molecule has 0 amide bonds. The standard InChI is InChI=1S/C16H25N3/c1-5-8-15-18-13-11-12(17)9-10-14(13)19(15)16(4,6-2)7-3/h9-11H,5-8,17H2,1-4H3. The SMILES string of the molecule is CCCc1nc2cc(N)ccc2n1C(C)(CC)CC. The Hall–Kier alpha value is -1.51. The summed E-state index contributed by atoms with van der Waals surface area (Å²) in [7, 11) is 0. The Labute approximate surface area is 115 Å². The van der Waals surface area contributed by atoms with Crippen LogP contribution in [0.4, 0.5) is 5.69 Å². The van der Waals surface area contributed by atoms with E-state index >= 15 is 0 Å². The number of hydrogen-bond acceptors (Lipinski definition) is 2. The molecule has 104 valence electrons. The summed E-state index contributed by atoms with van der Waals surface area (Å²) in [6, 6.07) is 6.07. The molecule has 0 spiro atoms. The van der Waals surface area contributed by atoms with E-state index in [4.69, 9.17) is 10.7 Å². The van der Waals surface area contributed by atoms with Crippen LogP contribution in [0.2, 0.25) is 0 Å². The summed E-state index contributed by atoms with van der Waals surface area (Å²) in [4.78, 5) is 4.81. The maximum Gasteiger partial charge on any atom is 0.110 e. The first-order valence-corrected chi connectivity index (χ1v) is 7.33. The van der Waals surface area contributed by atoms with Crippen molar-refractivity contribution in [1.82, 2.24) is 9.55 Å². The van der Waals surface area contributed by atoms with E-state index in [1.165, 1.54) is 11.3 Å². The molecule has 0 bridgehead atoms. The van der Waals surface area contributed by atoms with Crippen LogP contribution in [0.5, 0.6) is 0 Å². The number of hydrogen-bond donors (Lipinski definition) is 1. The van der Waals surface area contributed by atoms with Crippen LogP contribution in [0.25, 0.3) is 11.0 Å². The molecule has 0 fully saturated rings. The van der Waals surface area contributed by atoms with Gasteiger partial charge in [-0.3, -0.25) is 0 Å². The number of fused-ring (bicyclic) bond motifs is 1. The second-order valence-electron chi connectivity index (χ2n) is 5.57. The van der Waals surface area contributed by atoms with Gasteiger partial charge in [0.1, 0.15) is 5.82 Å². The van der Waals surface area contributed by atoms with Crippen molar-refractivity contribution in [2.24, 2.45) is 0 Å². The number of aryl methyl sites for hydroxylation is 1. The van der Waals surface area contributed by atoms with Gasteiger partial charge < -0.3 is 10.3 Å². The monoisotopic (exact) mass is 259 g/mol. The summed E-state index contributed by atoms with van der Waals surface area (Å²) in [6.07, 6.45) is 4.35. The summed E-state index contributed by atoms with van der Waals surface area (Å²) in [5.41, 5.74) is 9.04. The van der Waals surface area contributed by atoms with Crippen LogP contribution >= 0.6 is 0 Å². The lowest BCUT2D eigenvalue weighted by Crippen LogP contribution is -2.30. The summed E-state index contributed by atoms with van der Waals surface area (Å²) >= 11 is 0. The maximum absolute atomic E-state index is 5.88. The predicted octanol–water partition coefficient (Wildman–Crippen LogP) is 4.11. The Kier molecular flexibility index (Phi) is 3.83. The van der Waals surface area contributed by atoms with Crippen molar-refractivity contribution in [2.45, 2.75) is 58.9 Å². The van der Waals surface area contributed by atoms with Crippen molar-refractivity contribution >= 4 is 16.7 Å². The van der Waals surface area contributed by atoms with Crippen molar-refractivity contribution in [2.75, 3.05) is 5.73 Å². The lowest BCUT2D eigenvalue weighted by atomic mass is 9.94. The van der Waals surface area contributed by atoms with Gasteiger partial charge in [-0.15, -0.1) is 0 Å². The third-order valence-electron chi connectivity index (χ3n) is 4.28. The first-order valence-electron chi connectivity index (χ1n) is 7.33. The molecule has 2 N–H and O–H groups in total. The molecule has 0 radical (unpaired) electrons. The van der Waals surface area contributed by atoms with Crippen molar-refractivity contribution in [1.29, 1.82) is 0 Å². The highest BCUT2D eigenvalue weighted by molar-refractivity contribution is 5.80. The molecule has 1 aromatic heterocycles. The highest BCUT2D eigenvalue weighted by Gasteiger charge is 2.26. The van der Waals surface area contributed by atoms with E-state index in [2.05, 4.69) is 38.3 Å². The topological polar surface area (TPSA) is 43.8 Å². The van der Waals surface area contributed by atoms with Crippen LogP contribution in [0.1, 0.15) is 52.8 Å². The Balaban J connectivity index is 2.71. The minimum absolute atomic E-state index is 0.134. The second kappa shape index (κ2) is 5.24. The average Bonchev–Trinajstić information content (AvgIpc) is 2.76. The summed E-state index contributed by atoms with van der Waals surface area (Å²) < 4.78 is 2.44. The quantitative estimate of drug-likeness (QED) is 0.821. The van der Waals surface area contributed by atoms with Crippen molar-refractivity contribution in [3.63, 3.8) is 0 Å². The first-order chi connectivity index (χ1) is 9.05. The van der Waals surface area contributed by atoms with Crippen LogP contribution in [-0.4, -0.2) is 9.55 Å². The molecule has 0 aliphatic heterocycles. The lowest BCUT2D eigenvalue weighted by molar-refractivity contribution is 0.293. The zero-order valence-corrected chi connectivity index (χ0v) is 12.5. The zero-order valence-electron chi connectivity index (χ0n) is 12.5. The number of anilines is 1. The van der Waals surface area contributed by atoms with E-state index in [1.807, 2.05) is 12.1 Å². The van der Waals surface area contributed by atoms with Gasteiger partial charge in [-0.05, 0) is 44.4 Å². The van der Waals surface area contributed by atoms with Crippen LogP contribution in [-0.2, 0) is 12.0 Å². The largest absolute Gasteiger partial charge is 0.399 e. The molecular weight excluding hydrogens is 234 g/mol. The molecule has 0 atom stereocenters. The molecule has 2 aromatic rings. The van der Waals surface area contributed by atoms with Gasteiger partial charge in [0.25, 0.3) is 0 Å². The molecule has 0 unspecified atom stereocenters. The number of imidazole rings is 1. The number of nitrogen functional groups attached to an aromatic ring is 1. The smallest absolute Gasteiger partial charge is 0.110 e. The molecule has 1 aromatic carbocycles. The van der Waals surface area contributed by atoms with Gasteiger partial charge in [0.2, 0.25) is 0 Å². The number of nitrogens with zero attached hydrogens (tertiary/aromatic N) is 2. The van der Waals surface area contributed by atoms with Gasteiger partial charge in [0, 0.05) is 17.6 Å². The summed E-state index contributed by atoms with van der Waals surface area (Å²) in [6.45, 7) is 9.03. The average molecular weight is 259 g/mol. The fourth-order valence-corrected chi connectivity index (χ4v) is 2.71. The second-order valence-corrected chi connectivity index (χ2v) is 5.57. The Morgan fingerprint density at radius 1 is 1.21 bits per heavy atom. The van der Waals surface area contributed by atoms with E-state index in [1.54, 1.807) is 0 Å². The number of rotatable bonds is 5. The third-order valence-corrected chi connectivity index (χ3v) is 4.28. The van der Waals surface area contributed by atoms with Crippen LogP contribution < -0.4 is 5.73 Å². The van der Waals surface area contributed by atoms with Gasteiger partial charge >= 0.3 is 0 Å². The van der Waals surface area contributed by atoms with Crippen molar-refractivity contribution in [3.05, 3.63) is 24.0 Å². The summed E-state index contributed by atoms with van der Waals surface area (Å²) in [5, 5.41) is 0. The number of benzene rings is 1. The van der Waals surface area contributed by atoms with Crippen LogP contribution in [0, 0.1) is 0 Å². The van der Waals surface area contributed by atoms with Crippen molar-refractivity contribution in [3.8, 4) is 0 Å². The molecule has 1 heterocycles. The van der Waals surface area contributed by atoms with Crippen LogP contribution in [0.15, 0.2) is 18.2 Å². The highest BCUT2D eigenvalue weighted by Crippen LogP contribution is 2.32. The molecule has 0 saturated heterocycles. The van der Waals surface area contributed by atoms with Crippen LogP contribution in [0.3, 0.4) is 0 Å². The maximum atomic E-state index is 5.88. The molecule has 19 heavy (non-hydrogen) atoms. The zero-order chi connectivity index (χ0) is 14.0. The molecule has 0 aliphatic rings. The normalized spacial score (nSPS) is 12.2. The Bertz CT molecular complexity index is 565. The predicted molar refractivity (Wildman–Crippen MR) is 82.4 cm³/mol. The first kappa shape index (κ1) is 13.9. The fraction of sp³-hybridized carbons (Fsp3) is 0.562. The molecule has 3 nitrogen and oxygen atoms in total. The van der Waals surface area contributed by atoms with Gasteiger partial charge in [-0.1, -0.05) is 20.8 Å². The highest BCUT2D eigenvalue weighted by atomic mass is 15.1. The van der Waals surface area contributed by atoms with Gasteiger partial charge in [0.05, 0.1) is 11.0 Å². The van der Waals surface area contributed by atoms with E-state index in [0.29, 0.717) is 0 Å². The van der Waals surface area contributed by atoms with E-state index in [-0.39, 0.29) is 5.54 Å². The Morgan fingerprint density at radius 2 is 1.89 bits per heavy atom. The van der Waals surface area contributed by atoms with E-state index in [0.717, 1.165) is 36.9 Å². The van der Waals surface area contributed by atoms with Gasteiger partial charge in [-0.2, -0.15) is 0 Å². The van der Waals surface area contributed by atoms with Gasteiger partial charge in [0.15, 0.2) is 0 Å². The minimum Gasteiger partial charge on any atom is -0.399 e.